The summed E-state index contributed by atoms with van der Waals surface area (Å²) >= 11 is 0. The first kappa shape index (κ1) is 6.65. The Morgan fingerprint density at radius 3 is 3.09 bits per heavy atom. The molecule has 58 valence electrons. The van der Waals surface area contributed by atoms with E-state index in [4.69, 9.17) is 0 Å². The number of carbonyl (C=O) groups excluding carboxylic acids is 1. The number of fused-ring (bicyclic) bond motifs is 1. The highest BCUT2D eigenvalue weighted by Crippen LogP contribution is 2.18. The molecule has 0 N–H and O–H groups in total. The minimum atomic E-state index is 0.296. The van der Waals surface area contributed by atoms with E-state index in [1.165, 1.54) is 5.56 Å². The van der Waals surface area contributed by atoms with Crippen molar-refractivity contribution >= 4 is 5.78 Å². The molecule has 2 heterocycles. The second-order valence-corrected chi connectivity index (χ2v) is 2.95. The van der Waals surface area contributed by atoms with E-state index >= 15 is 0 Å². The van der Waals surface area contributed by atoms with Crippen LogP contribution in [-0.2, 0) is 13.0 Å². The van der Waals surface area contributed by atoms with Gasteiger partial charge in [-0.1, -0.05) is 6.92 Å². The van der Waals surface area contributed by atoms with Gasteiger partial charge in [-0.3, -0.25) is 4.79 Å². The summed E-state index contributed by atoms with van der Waals surface area (Å²) in [5.41, 5.74) is 2.18. The zero-order valence-electron chi connectivity index (χ0n) is 6.63. The molecule has 11 heavy (non-hydrogen) atoms. The molecule has 1 aromatic heterocycles. The molecule has 0 radical (unpaired) electrons. The summed E-state index contributed by atoms with van der Waals surface area (Å²) in [6.45, 7) is 2.99. The van der Waals surface area contributed by atoms with Crippen molar-refractivity contribution in [1.82, 2.24) is 4.57 Å². The minimum absolute atomic E-state index is 0.296. The first-order valence-corrected chi connectivity index (χ1v) is 4.03. The van der Waals surface area contributed by atoms with Crippen LogP contribution in [0.4, 0.5) is 0 Å². The number of aromatic nitrogens is 1. The molecule has 0 saturated carbocycles. The van der Waals surface area contributed by atoms with Crippen LogP contribution >= 0.6 is 0 Å². The molecule has 2 nitrogen and oxygen atoms in total. The lowest BCUT2D eigenvalue weighted by Gasteiger charge is -1.90. The van der Waals surface area contributed by atoms with Crippen LogP contribution in [0.15, 0.2) is 12.3 Å². The maximum Gasteiger partial charge on any atom is 0.180 e. The van der Waals surface area contributed by atoms with Gasteiger partial charge in [-0.05, 0) is 18.1 Å². The summed E-state index contributed by atoms with van der Waals surface area (Å²) in [4.78, 5) is 11.2. The molecule has 0 aliphatic carbocycles. The van der Waals surface area contributed by atoms with Gasteiger partial charge in [0.05, 0.1) is 5.69 Å². The zero-order chi connectivity index (χ0) is 7.84. The van der Waals surface area contributed by atoms with E-state index in [-0.39, 0.29) is 0 Å². The van der Waals surface area contributed by atoms with Crippen molar-refractivity contribution in [3.8, 4) is 0 Å². The number of nitrogens with zero attached hydrogens (tertiary/aromatic N) is 1. The highest BCUT2D eigenvalue weighted by molar-refractivity contribution is 5.96. The Morgan fingerprint density at radius 1 is 1.64 bits per heavy atom. The van der Waals surface area contributed by atoms with E-state index < -0.39 is 0 Å². The normalized spacial score (nSPS) is 15.5. The largest absolute Gasteiger partial charge is 0.344 e. The summed E-state index contributed by atoms with van der Waals surface area (Å²) < 4.78 is 2.06. The summed E-state index contributed by atoms with van der Waals surface area (Å²) in [5.74, 6) is 0.296. The van der Waals surface area contributed by atoms with Gasteiger partial charge in [0.15, 0.2) is 5.78 Å². The number of hydrogen-bond donors (Lipinski definition) is 0. The zero-order valence-corrected chi connectivity index (χ0v) is 6.63. The molecule has 1 aliphatic heterocycles. The quantitative estimate of drug-likeness (QED) is 0.595. The fourth-order valence-corrected chi connectivity index (χ4v) is 1.53. The first-order valence-electron chi connectivity index (χ1n) is 4.03. The van der Waals surface area contributed by atoms with Crippen LogP contribution in [0.25, 0.3) is 0 Å². The van der Waals surface area contributed by atoms with Gasteiger partial charge in [-0.25, -0.2) is 0 Å². The predicted molar refractivity (Wildman–Crippen MR) is 42.8 cm³/mol. The number of hydrogen-bond acceptors (Lipinski definition) is 1. The molecule has 0 saturated heterocycles. The second-order valence-electron chi connectivity index (χ2n) is 2.95. The average Bonchev–Trinajstić information content (AvgIpc) is 2.53. The summed E-state index contributed by atoms with van der Waals surface area (Å²) in [6, 6.07) is 2.01. The summed E-state index contributed by atoms with van der Waals surface area (Å²) in [7, 11) is 0. The molecule has 1 aromatic rings. The molecule has 0 bridgehead atoms. The molecule has 0 fully saturated rings. The number of rotatable bonds is 1. The number of carbonyl (C=O) groups is 1. The van der Waals surface area contributed by atoms with Crippen molar-refractivity contribution in [2.75, 3.05) is 0 Å². The second kappa shape index (κ2) is 2.22. The van der Waals surface area contributed by atoms with Crippen molar-refractivity contribution in [2.24, 2.45) is 0 Å². The fourth-order valence-electron chi connectivity index (χ4n) is 1.53. The third-order valence-electron chi connectivity index (χ3n) is 2.23. The maximum atomic E-state index is 11.2. The topological polar surface area (TPSA) is 22.0 Å². The standard InChI is InChI=1S/C9H11NO/c1-2-7-5-8-9(11)3-4-10(8)6-7/h5-6H,2-4H2,1H3. The van der Waals surface area contributed by atoms with Crippen molar-refractivity contribution in [1.29, 1.82) is 0 Å². The SMILES string of the molecule is CCc1cc2n(c1)CCC2=O. The van der Waals surface area contributed by atoms with E-state index in [0.717, 1.165) is 18.7 Å². The van der Waals surface area contributed by atoms with Crippen molar-refractivity contribution < 1.29 is 4.79 Å². The van der Waals surface area contributed by atoms with Gasteiger partial charge in [0.2, 0.25) is 0 Å². The molecule has 0 amide bonds. The van der Waals surface area contributed by atoms with Crippen LogP contribution in [0, 0.1) is 0 Å². The molecular weight excluding hydrogens is 138 g/mol. The Bertz CT molecular complexity index is 299. The predicted octanol–water partition coefficient (Wildman–Crippen LogP) is 1.64. The Labute approximate surface area is 65.8 Å². The number of Topliss-reactive ketones (excluding diaryl/α,β-unsaturated/α-hetero) is 1. The van der Waals surface area contributed by atoms with Crippen molar-refractivity contribution in [3.05, 3.63) is 23.5 Å². The first-order chi connectivity index (χ1) is 5.31. The van der Waals surface area contributed by atoms with E-state index in [1.54, 1.807) is 0 Å². The lowest BCUT2D eigenvalue weighted by Crippen LogP contribution is -1.89. The monoisotopic (exact) mass is 149 g/mol. The van der Waals surface area contributed by atoms with Crippen LogP contribution in [-0.4, -0.2) is 10.4 Å². The fraction of sp³-hybridized carbons (Fsp3) is 0.444. The van der Waals surface area contributed by atoms with E-state index in [0.29, 0.717) is 12.2 Å². The molecule has 0 unspecified atom stereocenters. The van der Waals surface area contributed by atoms with Gasteiger partial charge in [0, 0.05) is 19.2 Å². The Kier molecular flexibility index (Phi) is 1.34. The smallest absolute Gasteiger partial charge is 0.180 e. The lowest BCUT2D eigenvalue weighted by atomic mass is 10.2. The molecular formula is C9H11NO. The molecule has 0 spiro atoms. The van der Waals surface area contributed by atoms with Gasteiger partial charge in [-0.2, -0.15) is 0 Å². The lowest BCUT2D eigenvalue weighted by molar-refractivity contribution is 0.0994. The van der Waals surface area contributed by atoms with Crippen LogP contribution < -0.4 is 0 Å². The van der Waals surface area contributed by atoms with Crippen LogP contribution in [0.5, 0.6) is 0 Å². The third kappa shape index (κ3) is 0.897. The molecule has 1 aliphatic rings. The minimum Gasteiger partial charge on any atom is -0.344 e. The van der Waals surface area contributed by atoms with Crippen molar-refractivity contribution in [3.63, 3.8) is 0 Å². The van der Waals surface area contributed by atoms with Gasteiger partial charge < -0.3 is 4.57 Å². The Hall–Kier alpha value is -1.05. The molecule has 2 heteroatoms. The Balaban J connectivity index is 2.46. The van der Waals surface area contributed by atoms with Gasteiger partial charge >= 0.3 is 0 Å². The van der Waals surface area contributed by atoms with Gasteiger partial charge in [0.25, 0.3) is 0 Å². The summed E-state index contributed by atoms with van der Waals surface area (Å²) in [6.07, 6.45) is 3.80. The maximum absolute atomic E-state index is 11.2. The Morgan fingerprint density at radius 2 is 2.45 bits per heavy atom. The molecule has 0 aromatic carbocycles. The highest BCUT2D eigenvalue weighted by Gasteiger charge is 2.19. The van der Waals surface area contributed by atoms with E-state index in [2.05, 4.69) is 17.7 Å². The van der Waals surface area contributed by atoms with E-state index in [1.807, 2.05) is 6.07 Å². The van der Waals surface area contributed by atoms with Crippen molar-refractivity contribution in [2.45, 2.75) is 26.3 Å². The third-order valence-corrected chi connectivity index (χ3v) is 2.23. The van der Waals surface area contributed by atoms with Crippen LogP contribution in [0.1, 0.15) is 29.4 Å². The van der Waals surface area contributed by atoms with Gasteiger partial charge in [0.1, 0.15) is 0 Å². The molecule has 0 atom stereocenters. The van der Waals surface area contributed by atoms with Crippen LogP contribution in [0.2, 0.25) is 0 Å². The molecule has 2 rings (SSSR count). The highest BCUT2D eigenvalue weighted by atomic mass is 16.1. The average molecular weight is 149 g/mol. The summed E-state index contributed by atoms with van der Waals surface area (Å²) in [5, 5.41) is 0. The number of aryl methyl sites for hydroxylation is 2. The van der Waals surface area contributed by atoms with E-state index in [9.17, 15) is 4.79 Å². The number of ketones is 1. The van der Waals surface area contributed by atoms with Gasteiger partial charge in [-0.15, -0.1) is 0 Å². The van der Waals surface area contributed by atoms with Crippen LogP contribution in [0.3, 0.4) is 0 Å².